The van der Waals surface area contributed by atoms with Crippen LogP contribution in [0.15, 0.2) is 0 Å². The second kappa shape index (κ2) is 16.7. The number of aliphatic carboxylic acids is 2. The van der Waals surface area contributed by atoms with Crippen molar-refractivity contribution in [1.82, 2.24) is 0 Å². The minimum Gasteiger partial charge on any atom is -0.478 e. The van der Waals surface area contributed by atoms with Gasteiger partial charge in [0.2, 0.25) is 11.2 Å². The quantitative estimate of drug-likeness (QED) is 0.199. The van der Waals surface area contributed by atoms with E-state index in [1.54, 1.807) is 0 Å². The van der Waals surface area contributed by atoms with E-state index >= 15 is 0 Å². The molecule has 412 valence electrons. The topological polar surface area (TPSA) is 127 Å². The summed E-state index contributed by atoms with van der Waals surface area (Å²) in [6.07, 6.45) is 18.3. The van der Waals surface area contributed by atoms with E-state index in [0.717, 1.165) is 64.2 Å². The zero-order valence-corrected chi connectivity index (χ0v) is 49.1. The molecule has 10 saturated carbocycles. The summed E-state index contributed by atoms with van der Waals surface area (Å²) in [5.74, 6) is 0.937. The van der Waals surface area contributed by atoms with Gasteiger partial charge in [0.25, 0.3) is 0 Å². The van der Waals surface area contributed by atoms with Gasteiger partial charge in [0.1, 0.15) is 6.42 Å². The molecule has 10 rings (SSSR count). The molecule has 0 saturated heterocycles. The van der Waals surface area contributed by atoms with E-state index in [1.807, 2.05) is 0 Å². The van der Waals surface area contributed by atoms with Gasteiger partial charge in [0, 0.05) is 10.8 Å². The third-order valence-corrected chi connectivity index (χ3v) is 29.7. The van der Waals surface area contributed by atoms with Gasteiger partial charge in [-0.15, -0.1) is 0 Å². The first kappa shape index (κ1) is 54.2. The van der Waals surface area contributed by atoms with Gasteiger partial charge in [0.05, 0.1) is 0 Å². The summed E-state index contributed by atoms with van der Waals surface area (Å²) in [5, 5.41) is 23.7. The van der Waals surface area contributed by atoms with Crippen LogP contribution in [0.5, 0.6) is 0 Å². The molecule has 10 fully saturated rings. The third kappa shape index (κ3) is 6.78. The van der Waals surface area contributed by atoms with Gasteiger partial charge >= 0.3 is 23.9 Å². The Bertz CT molecular complexity index is 2110. The minimum absolute atomic E-state index is 0.00301. The molecule has 0 spiro atoms. The van der Waals surface area contributed by atoms with Crippen molar-refractivity contribution in [3.05, 3.63) is 0 Å². The van der Waals surface area contributed by atoms with Crippen LogP contribution < -0.4 is 0 Å². The molecule has 10 aliphatic rings. The largest absolute Gasteiger partial charge is 0.478 e. The standard InChI is InChI=1S/C65H104O8/c1-38-21-25-56(9)31-33-58(11)42(50(56)40(38)3)17-19-46-60(58,13)27-23-44-54(5,6)29-35-64(52(68)69,62(44,46)15)72-48(66)37-49(67)73-65(53(70)71)36-30-55(7,8)45-24-28-61(14)47(63(45,65)16)20-18-43-51-41(4)39(2)22-26-57(51,10)32-34-59(43,61)12/h38-47,50-51H,17-37H2,1-16H3,(H,68,69)(H,70,71)/t38-,39-,40+,41+,42-,43-,44+,45+,46+,47+,50+,51+,56-,57-,58-,59-,60-,61-,62+,63+,64?,65?/m1/s1. The molecule has 0 radical (unpaired) electrons. The average Bonchev–Trinajstić information content (AvgIpc) is 3.29. The van der Waals surface area contributed by atoms with Crippen molar-refractivity contribution < 1.29 is 38.9 Å². The van der Waals surface area contributed by atoms with Crippen molar-refractivity contribution in [1.29, 1.82) is 0 Å². The van der Waals surface area contributed by atoms with Crippen LogP contribution in [0, 0.1) is 125 Å². The summed E-state index contributed by atoms with van der Waals surface area (Å²) in [7, 11) is 0. The van der Waals surface area contributed by atoms with Crippen molar-refractivity contribution in [2.45, 2.75) is 257 Å². The number of carbonyl (C=O) groups excluding carboxylic acids is 2. The fourth-order valence-electron chi connectivity index (χ4n) is 24.9. The van der Waals surface area contributed by atoms with Gasteiger partial charge in [-0.2, -0.15) is 0 Å². The van der Waals surface area contributed by atoms with Crippen LogP contribution in [-0.2, 0) is 28.7 Å². The summed E-state index contributed by atoms with van der Waals surface area (Å²) in [4.78, 5) is 58.8. The summed E-state index contributed by atoms with van der Waals surface area (Å²) in [6.45, 7) is 38.7. The zero-order valence-electron chi connectivity index (χ0n) is 49.1. The van der Waals surface area contributed by atoms with Crippen molar-refractivity contribution in [2.75, 3.05) is 0 Å². The number of carboxylic acids is 2. The van der Waals surface area contributed by atoms with Gasteiger partial charge in [0.15, 0.2) is 0 Å². The smallest absolute Gasteiger partial charge is 0.348 e. The second-order valence-corrected chi connectivity index (χ2v) is 32.4. The van der Waals surface area contributed by atoms with Crippen LogP contribution in [0.4, 0.5) is 0 Å². The lowest BCUT2D eigenvalue weighted by Gasteiger charge is -2.75. The molecule has 0 aromatic heterocycles. The molecule has 8 nitrogen and oxygen atoms in total. The fraction of sp³-hybridized carbons (Fsp3) is 0.938. The van der Waals surface area contributed by atoms with Gasteiger partial charge < -0.3 is 19.7 Å². The summed E-state index contributed by atoms with van der Waals surface area (Å²) in [6, 6.07) is 0. The number of rotatable bonds is 6. The predicted octanol–water partition coefficient (Wildman–Crippen LogP) is 15.6. The van der Waals surface area contributed by atoms with Crippen LogP contribution >= 0.6 is 0 Å². The molecule has 0 amide bonds. The number of esters is 2. The Morgan fingerprint density at radius 2 is 0.753 bits per heavy atom. The molecule has 10 aliphatic carbocycles. The first-order valence-electron chi connectivity index (χ1n) is 30.6. The Morgan fingerprint density at radius 3 is 1.10 bits per heavy atom. The summed E-state index contributed by atoms with van der Waals surface area (Å²) in [5.41, 5.74) is -5.57. The van der Waals surface area contributed by atoms with Crippen LogP contribution in [-0.4, -0.2) is 45.3 Å². The van der Waals surface area contributed by atoms with Gasteiger partial charge in [-0.3, -0.25) is 9.59 Å². The zero-order chi connectivity index (χ0) is 53.5. The van der Waals surface area contributed by atoms with E-state index in [0.29, 0.717) is 71.0 Å². The molecule has 0 aromatic carbocycles. The van der Waals surface area contributed by atoms with E-state index in [1.165, 1.54) is 38.5 Å². The molecular formula is C65H104O8. The lowest BCUT2D eigenvalue weighted by molar-refractivity contribution is -0.296. The van der Waals surface area contributed by atoms with E-state index < -0.39 is 52.3 Å². The lowest BCUT2D eigenvalue weighted by atomic mass is 9.30. The molecule has 0 heterocycles. The molecule has 2 N–H and O–H groups in total. The average molecular weight is 1010 g/mol. The highest BCUT2D eigenvalue weighted by molar-refractivity contribution is 5.95. The normalized spacial score (nSPS) is 55.5. The maximum Gasteiger partial charge on any atom is 0.348 e. The van der Waals surface area contributed by atoms with Crippen LogP contribution in [0.25, 0.3) is 0 Å². The lowest BCUT2D eigenvalue weighted by Crippen LogP contribution is -2.74. The van der Waals surface area contributed by atoms with Gasteiger partial charge in [-0.25, -0.2) is 9.59 Å². The van der Waals surface area contributed by atoms with Gasteiger partial charge in [-0.1, -0.05) is 111 Å². The molecule has 22 atom stereocenters. The monoisotopic (exact) mass is 1010 g/mol. The Labute approximate surface area is 442 Å². The number of carboxylic acid groups (broad SMARTS) is 2. The van der Waals surface area contributed by atoms with Gasteiger partial charge in [-0.05, 0) is 243 Å². The summed E-state index contributed by atoms with van der Waals surface area (Å²) >= 11 is 0. The van der Waals surface area contributed by atoms with E-state index in [-0.39, 0.29) is 69.0 Å². The molecule has 0 aromatic rings. The van der Waals surface area contributed by atoms with E-state index in [4.69, 9.17) is 9.47 Å². The van der Waals surface area contributed by atoms with Crippen molar-refractivity contribution in [3.63, 3.8) is 0 Å². The molecule has 8 heteroatoms. The number of carbonyl (C=O) groups is 4. The molecule has 0 bridgehead atoms. The number of hydrogen-bond acceptors (Lipinski definition) is 6. The van der Waals surface area contributed by atoms with Crippen molar-refractivity contribution >= 4 is 23.9 Å². The molecule has 2 unspecified atom stereocenters. The third-order valence-electron chi connectivity index (χ3n) is 29.7. The van der Waals surface area contributed by atoms with Crippen molar-refractivity contribution in [3.8, 4) is 0 Å². The highest BCUT2D eigenvalue weighted by Gasteiger charge is 2.79. The SMILES string of the molecule is C[C@@H]1[C@H]2[C@H]3CC[C@@H]4[C@]5(C)[C@@H](CC[C@@]4(C)[C@]3(C)CC[C@@]2(C)CC[C@H]1C)C(C)(C)CCC5(OC(=O)CC(=O)OC1(C(=O)O)CCC(C)(C)[C@@H]2CC[C@]3(C)[C@H](CC[C@@H]4[C@@H]5[C@@H](C)[C@H](C)CC[C@]5(C)CC[C@]43C)[C@]21C)C(=O)O. The van der Waals surface area contributed by atoms with E-state index in [2.05, 4.69) is 111 Å². The Hall–Kier alpha value is -2.12. The number of hydrogen-bond donors (Lipinski definition) is 2. The Morgan fingerprint density at radius 1 is 0.397 bits per heavy atom. The number of ether oxygens (including phenoxy) is 2. The maximum atomic E-state index is 14.9. The maximum absolute atomic E-state index is 14.9. The van der Waals surface area contributed by atoms with E-state index in [9.17, 15) is 29.4 Å². The molecule has 73 heavy (non-hydrogen) atoms. The highest BCUT2D eigenvalue weighted by atomic mass is 16.6. The summed E-state index contributed by atoms with van der Waals surface area (Å²) < 4.78 is 13.4. The van der Waals surface area contributed by atoms with Crippen LogP contribution in [0.1, 0.15) is 246 Å². The molecule has 0 aliphatic heterocycles. The van der Waals surface area contributed by atoms with Crippen LogP contribution in [0.3, 0.4) is 0 Å². The molecular weight excluding hydrogens is 909 g/mol. The minimum atomic E-state index is -1.85. The van der Waals surface area contributed by atoms with Crippen molar-refractivity contribution in [2.24, 2.45) is 125 Å². The Kier molecular flexibility index (Phi) is 12.4. The fourth-order valence-corrected chi connectivity index (χ4v) is 24.9. The first-order valence-corrected chi connectivity index (χ1v) is 30.6. The predicted molar refractivity (Wildman–Crippen MR) is 287 cm³/mol. The van der Waals surface area contributed by atoms with Crippen LogP contribution in [0.2, 0.25) is 0 Å². The second-order valence-electron chi connectivity index (χ2n) is 32.4. The Balaban J connectivity index is 0.960. The highest BCUT2D eigenvalue weighted by Crippen LogP contribution is 2.81. The first-order chi connectivity index (χ1) is 33.7. The number of fused-ring (bicyclic) bond motifs is 14.